The summed E-state index contributed by atoms with van der Waals surface area (Å²) >= 11 is 0. The van der Waals surface area contributed by atoms with E-state index in [0.29, 0.717) is 34.2 Å². The zero-order chi connectivity index (χ0) is 24.5. The normalized spacial score (nSPS) is 14.3. The number of benzene rings is 2. The fraction of sp³-hybridized carbons (Fsp3) is 0.269. The third kappa shape index (κ3) is 4.19. The number of nitrogens with zero attached hydrogens (tertiary/aromatic N) is 5. The molecule has 8 nitrogen and oxygen atoms in total. The van der Waals surface area contributed by atoms with E-state index in [0.717, 1.165) is 31.6 Å². The smallest absolute Gasteiger partial charge is 0.274 e. The van der Waals surface area contributed by atoms with E-state index in [9.17, 15) is 9.18 Å². The Bertz CT molecular complexity index is 1400. The van der Waals surface area contributed by atoms with Gasteiger partial charge in [-0.1, -0.05) is 24.3 Å². The van der Waals surface area contributed by atoms with Crippen LogP contribution in [0.4, 0.5) is 21.7 Å². The van der Waals surface area contributed by atoms with Crippen molar-refractivity contribution in [3.63, 3.8) is 0 Å². The van der Waals surface area contributed by atoms with Gasteiger partial charge in [-0.3, -0.25) is 14.2 Å². The first kappa shape index (κ1) is 22.8. The summed E-state index contributed by atoms with van der Waals surface area (Å²) in [7, 11) is 3.64. The van der Waals surface area contributed by atoms with Crippen LogP contribution in [0.3, 0.4) is 0 Å². The molecule has 1 fully saturated rings. The van der Waals surface area contributed by atoms with E-state index in [4.69, 9.17) is 10.7 Å². The molecule has 180 valence electrons. The summed E-state index contributed by atoms with van der Waals surface area (Å²) < 4.78 is 17.4. The molecule has 1 aliphatic rings. The molecule has 4 aromatic rings. The van der Waals surface area contributed by atoms with Crippen LogP contribution in [0.15, 0.2) is 65.6 Å². The Kier molecular flexibility index (Phi) is 6.08. The summed E-state index contributed by atoms with van der Waals surface area (Å²) in [6, 6.07) is 15.5. The Hall–Kier alpha value is -3.98. The van der Waals surface area contributed by atoms with Gasteiger partial charge in [0.05, 0.1) is 34.4 Å². The first-order chi connectivity index (χ1) is 17.0. The van der Waals surface area contributed by atoms with Gasteiger partial charge in [0.25, 0.3) is 5.56 Å². The van der Waals surface area contributed by atoms with E-state index in [1.807, 2.05) is 47.0 Å². The lowest BCUT2D eigenvalue weighted by molar-refractivity contribution is 0.313. The van der Waals surface area contributed by atoms with Crippen molar-refractivity contribution >= 4 is 17.3 Å². The highest BCUT2D eigenvalue weighted by atomic mass is 19.1. The Morgan fingerprint density at radius 3 is 2.51 bits per heavy atom. The van der Waals surface area contributed by atoms with Crippen molar-refractivity contribution in [2.45, 2.75) is 18.9 Å². The lowest BCUT2D eigenvalue weighted by atomic mass is 10.0. The molecule has 3 N–H and O–H groups in total. The zero-order valence-electron chi connectivity index (χ0n) is 19.8. The maximum Gasteiger partial charge on any atom is 0.274 e. The number of halogens is 1. The van der Waals surface area contributed by atoms with Crippen molar-refractivity contribution in [2.75, 3.05) is 30.8 Å². The van der Waals surface area contributed by atoms with Crippen molar-refractivity contribution in [1.82, 2.24) is 24.6 Å². The summed E-state index contributed by atoms with van der Waals surface area (Å²) in [5, 5.41) is 3.38. The Labute approximate surface area is 202 Å². The van der Waals surface area contributed by atoms with Crippen molar-refractivity contribution in [1.29, 1.82) is 0 Å². The van der Waals surface area contributed by atoms with E-state index in [1.54, 1.807) is 30.1 Å². The van der Waals surface area contributed by atoms with Gasteiger partial charge in [0, 0.05) is 20.3 Å². The van der Waals surface area contributed by atoms with Gasteiger partial charge in [-0.15, -0.1) is 0 Å². The monoisotopic (exact) mass is 473 g/mol. The van der Waals surface area contributed by atoms with Crippen LogP contribution >= 0.6 is 0 Å². The fourth-order valence-electron chi connectivity index (χ4n) is 4.77. The number of hydrogen-bond acceptors (Lipinski definition) is 6. The third-order valence-electron chi connectivity index (χ3n) is 6.57. The van der Waals surface area contributed by atoms with E-state index < -0.39 is 0 Å². The van der Waals surface area contributed by atoms with Crippen molar-refractivity contribution in [2.24, 2.45) is 7.05 Å². The molecule has 0 aliphatic carbocycles. The van der Waals surface area contributed by atoms with E-state index in [1.165, 1.54) is 12.1 Å². The first-order valence-electron chi connectivity index (χ1n) is 11.7. The van der Waals surface area contributed by atoms with Gasteiger partial charge in [-0.25, -0.2) is 14.4 Å². The van der Waals surface area contributed by atoms with Gasteiger partial charge < -0.3 is 16.0 Å². The summed E-state index contributed by atoms with van der Waals surface area (Å²) in [6.45, 7) is 1.74. The molecule has 2 aromatic carbocycles. The summed E-state index contributed by atoms with van der Waals surface area (Å²) in [6.07, 6.45) is 3.46. The van der Waals surface area contributed by atoms with Gasteiger partial charge in [-0.2, -0.15) is 0 Å². The fourth-order valence-corrected chi connectivity index (χ4v) is 4.77. The Morgan fingerprint density at radius 2 is 1.80 bits per heavy atom. The van der Waals surface area contributed by atoms with E-state index >= 15 is 0 Å². The second-order valence-corrected chi connectivity index (χ2v) is 8.74. The van der Waals surface area contributed by atoms with Crippen LogP contribution in [0.2, 0.25) is 0 Å². The molecule has 0 unspecified atom stereocenters. The number of anilines is 3. The number of nitrogens with two attached hydrogens (primary N) is 1. The molecule has 0 atom stereocenters. The summed E-state index contributed by atoms with van der Waals surface area (Å²) in [4.78, 5) is 24.7. The molecule has 1 saturated heterocycles. The highest BCUT2D eigenvalue weighted by Gasteiger charge is 2.28. The molecule has 5 rings (SSSR count). The Morgan fingerprint density at radius 1 is 1.09 bits per heavy atom. The molecule has 0 radical (unpaired) electrons. The third-order valence-corrected chi connectivity index (χ3v) is 6.57. The largest absolute Gasteiger partial charge is 0.397 e. The lowest BCUT2D eigenvalue weighted by Gasteiger charge is -2.27. The maximum absolute atomic E-state index is 13.7. The number of rotatable bonds is 5. The predicted molar refractivity (Wildman–Crippen MR) is 136 cm³/mol. The van der Waals surface area contributed by atoms with Crippen molar-refractivity contribution in [3.05, 3.63) is 77.0 Å². The van der Waals surface area contributed by atoms with Crippen LogP contribution in [0.1, 0.15) is 18.9 Å². The molecule has 35 heavy (non-hydrogen) atoms. The maximum atomic E-state index is 13.7. The topological polar surface area (TPSA) is 94.0 Å². The van der Waals surface area contributed by atoms with Gasteiger partial charge >= 0.3 is 0 Å². The number of aromatic nitrogens is 4. The second-order valence-electron chi connectivity index (χ2n) is 8.74. The van der Waals surface area contributed by atoms with Gasteiger partial charge in [0.1, 0.15) is 5.82 Å². The van der Waals surface area contributed by atoms with Crippen LogP contribution in [-0.2, 0) is 7.05 Å². The van der Waals surface area contributed by atoms with E-state index in [2.05, 4.69) is 10.3 Å². The van der Waals surface area contributed by atoms with E-state index in [-0.39, 0.29) is 17.4 Å². The van der Waals surface area contributed by atoms with Crippen LogP contribution in [0.25, 0.3) is 22.5 Å². The molecule has 0 amide bonds. The molecule has 2 aromatic heterocycles. The van der Waals surface area contributed by atoms with Crippen molar-refractivity contribution < 1.29 is 4.39 Å². The predicted octanol–water partition coefficient (Wildman–Crippen LogP) is 3.72. The SMILES string of the molecule is CN(c1nccc(-c2c(-c3ccc(F)cc3)c(=O)n(C)n2C2CCNCC2)n1)c1ccccc1N. The molecule has 0 spiro atoms. The molecule has 0 saturated carbocycles. The van der Waals surface area contributed by atoms with Gasteiger partial charge in [0.2, 0.25) is 5.95 Å². The number of para-hydroxylation sites is 2. The quantitative estimate of drug-likeness (QED) is 0.429. The highest BCUT2D eigenvalue weighted by Crippen LogP contribution is 2.35. The molecular formula is C26H28FN7O. The minimum absolute atomic E-state index is 0.124. The molecule has 0 bridgehead atoms. The number of nitrogen functional groups attached to an aromatic ring is 1. The summed E-state index contributed by atoms with van der Waals surface area (Å²) in [5.74, 6) is 0.106. The average molecular weight is 474 g/mol. The van der Waals surface area contributed by atoms with Gasteiger partial charge in [-0.05, 0) is 61.8 Å². The van der Waals surface area contributed by atoms with Crippen LogP contribution in [-0.4, -0.2) is 39.5 Å². The molecular weight excluding hydrogens is 445 g/mol. The zero-order valence-corrected chi connectivity index (χ0v) is 19.8. The highest BCUT2D eigenvalue weighted by molar-refractivity contribution is 5.80. The minimum atomic E-state index is -0.351. The van der Waals surface area contributed by atoms with Crippen LogP contribution < -0.4 is 21.5 Å². The molecule has 3 heterocycles. The Balaban J connectivity index is 1.71. The lowest BCUT2D eigenvalue weighted by Crippen LogP contribution is -2.33. The first-order valence-corrected chi connectivity index (χ1v) is 11.7. The van der Waals surface area contributed by atoms with Crippen LogP contribution in [0, 0.1) is 5.82 Å². The molecule has 1 aliphatic heterocycles. The van der Waals surface area contributed by atoms with Gasteiger partial charge in [0.15, 0.2) is 0 Å². The minimum Gasteiger partial charge on any atom is -0.397 e. The number of nitrogens with one attached hydrogen (secondary N) is 1. The summed E-state index contributed by atoms with van der Waals surface area (Å²) in [5.41, 5.74) is 9.90. The standard InChI is InChI=1S/C26H28FN7O/c1-32(22-6-4-3-5-20(22)28)26-30-16-13-21(31-26)24-23(17-7-9-18(27)10-8-17)25(35)33(2)34(24)19-11-14-29-15-12-19/h3-10,13,16,19,29H,11-12,14-15,28H2,1-2H3. The number of piperidine rings is 1. The van der Waals surface area contributed by atoms with Crippen molar-refractivity contribution in [3.8, 4) is 22.5 Å². The second kappa shape index (κ2) is 9.34. The average Bonchev–Trinajstić information content (AvgIpc) is 3.15. The van der Waals surface area contributed by atoms with Crippen LogP contribution in [0.5, 0.6) is 0 Å². The number of hydrogen-bond donors (Lipinski definition) is 2. The molecule has 9 heteroatoms.